The summed E-state index contributed by atoms with van der Waals surface area (Å²) in [5.41, 5.74) is 10.5. The van der Waals surface area contributed by atoms with Crippen LogP contribution in [0.15, 0.2) is 60.7 Å². The molecule has 9 heteroatoms. The molecule has 0 radical (unpaired) electrons. The van der Waals surface area contributed by atoms with Crippen molar-refractivity contribution in [1.82, 2.24) is 10.2 Å². The van der Waals surface area contributed by atoms with E-state index in [0.717, 1.165) is 27.8 Å². The van der Waals surface area contributed by atoms with Crippen molar-refractivity contribution in [2.45, 2.75) is 32.5 Å². The molecule has 4 rings (SSSR count). The molecule has 0 saturated carbocycles. The molecule has 0 spiro atoms. The summed E-state index contributed by atoms with van der Waals surface area (Å²) in [7, 11) is 1.33. The number of aryl methyl sites for hydroxylation is 1. The minimum atomic E-state index is -0.516. The van der Waals surface area contributed by atoms with Crippen molar-refractivity contribution >= 4 is 17.8 Å². The van der Waals surface area contributed by atoms with Crippen LogP contribution in [0.1, 0.15) is 50.4 Å². The molecule has 39 heavy (non-hydrogen) atoms. The van der Waals surface area contributed by atoms with Gasteiger partial charge in [-0.05, 0) is 84.1 Å². The Hall–Kier alpha value is -4.21. The third kappa shape index (κ3) is 6.63. The number of benzene rings is 3. The fraction of sp³-hybridized carbons (Fsp3) is 0.300. The van der Waals surface area contributed by atoms with E-state index in [1.807, 2.05) is 30.9 Å². The zero-order chi connectivity index (χ0) is 28.1. The van der Waals surface area contributed by atoms with E-state index in [0.29, 0.717) is 30.8 Å². The number of carbonyl (C=O) groups excluding carboxylic acids is 3. The third-order valence-corrected chi connectivity index (χ3v) is 6.92. The molecule has 1 fully saturated rings. The number of morpholine rings is 1. The fourth-order valence-electron chi connectivity index (χ4n) is 4.78. The van der Waals surface area contributed by atoms with Crippen LogP contribution in [-0.2, 0) is 20.8 Å². The second-order valence-electron chi connectivity index (χ2n) is 9.69. The van der Waals surface area contributed by atoms with Crippen molar-refractivity contribution in [2.75, 3.05) is 26.9 Å². The molecule has 0 aromatic heterocycles. The number of rotatable bonds is 8. The van der Waals surface area contributed by atoms with Gasteiger partial charge in [-0.1, -0.05) is 18.2 Å². The van der Waals surface area contributed by atoms with E-state index >= 15 is 0 Å². The largest absolute Gasteiger partial charge is 0.508 e. The number of amides is 2. The van der Waals surface area contributed by atoms with Crippen molar-refractivity contribution in [1.29, 1.82) is 0 Å². The van der Waals surface area contributed by atoms with E-state index < -0.39 is 17.9 Å². The van der Waals surface area contributed by atoms with Gasteiger partial charge in [0.2, 0.25) is 11.8 Å². The molecular weight excluding hydrogens is 498 g/mol. The van der Waals surface area contributed by atoms with Gasteiger partial charge in [-0.15, -0.1) is 0 Å². The van der Waals surface area contributed by atoms with E-state index in [1.165, 1.54) is 7.11 Å². The van der Waals surface area contributed by atoms with Crippen LogP contribution in [-0.4, -0.2) is 60.7 Å². The predicted molar refractivity (Wildman–Crippen MR) is 146 cm³/mol. The highest BCUT2D eigenvalue weighted by molar-refractivity contribution is 5.93. The number of methoxy groups -OCH3 is 1. The number of carbonyl (C=O) groups is 3. The van der Waals surface area contributed by atoms with E-state index in [2.05, 4.69) is 5.32 Å². The first-order chi connectivity index (χ1) is 18.7. The smallest absolute Gasteiger partial charge is 0.337 e. The monoisotopic (exact) mass is 531 g/mol. The van der Waals surface area contributed by atoms with Gasteiger partial charge in [0.1, 0.15) is 11.8 Å². The Morgan fingerprint density at radius 2 is 1.82 bits per heavy atom. The van der Waals surface area contributed by atoms with Gasteiger partial charge in [0.25, 0.3) is 0 Å². The molecule has 0 aliphatic carbocycles. The second kappa shape index (κ2) is 12.1. The van der Waals surface area contributed by atoms with Crippen molar-refractivity contribution in [3.63, 3.8) is 0 Å². The Bertz CT molecular complexity index is 1370. The Morgan fingerprint density at radius 3 is 2.49 bits per heavy atom. The second-order valence-corrected chi connectivity index (χ2v) is 9.69. The van der Waals surface area contributed by atoms with Crippen molar-refractivity contribution in [3.8, 4) is 16.9 Å². The van der Waals surface area contributed by atoms with Gasteiger partial charge in [-0.2, -0.15) is 0 Å². The maximum absolute atomic E-state index is 13.3. The number of primary amides is 1. The summed E-state index contributed by atoms with van der Waals surface area (Å²) in [6.07, 6.45) is 0. The van der Waals surface area contributed by atoms with Crippen LogP contribution >= 0.6 is 0 Å². The molecular formula is C30H33N3O6. The van der Waals surface area contributed by atoms with Gasteiger partial charge in [0.05, 0.1) is 31.9 Å². The lowest BCUT2D eigenvalue weighted by Gasteiger charge is -2.35. The molecule has 4 N–H and O–H groups in total. The maximum Gasteiger partial charge on any atom is 0.337 e. The van der Waals surface area contributed by atoms with Crippen LogP contribution in [0.4, 0.5) is 0 Å². The number of nitrogens with one attached hydrogen (secondary N) is 1. The molecule has 3 aromatic carbocycles. The highest BCUT2D eigenvalue weighted by atomic mass is 16.5. The molecule has 1 aliphatic rings. The quantitative estimate of drug-likeness (QED) is 0.380. The number of nitrogens with zero attached hydrogens (tertiary/aromatic N) is 1. The molecule has 1 aliphatic heterocycles. The fourth-order valence-corrected chi connectivity index (χ4v) is 4.78. The van der Waals surface area contributed by atoms with Crippen LogP contribution in [0.3, 0.4) is 0 Å². The summed E-state index contributed by atoms with van der Waals surface area (Å²) in [6.45, 7) is 5.50. The van der Waals surface area contributed by atoms with Gasteiger partial charge >= 0.3 is 5.97 Å². The summed E-state index contributed by atoms with van der Waals surface area (Å²) < 4.78 is 10.4. The highest BCUT2D eigenvalue weighted by Crippen LogP contribution is 2.30. The van der Waals surface area contributed by atoms with E-state index in [-0.39, 0.29) is 24.3 Å². The van der Waals surface area contributed by atoms with E-state index in [4.69, 9.17) is 15.2 Å². The average molecular weight is 532 g/mol. The first-order valence-corrected chi connectivity index (χ1v) is 12.7. The topological polar surface area (TPSA) is 131 Å². The minimum absolute atomic E-state index is 0.110. The van der Waals surface area contributed by atoms with Crippen LogP contribution in [0.5, 0.6) is 5.75 Å². The summed E-state index contributed by atoms with van der Waals surface area (Å²) in [6, 6.07) is 16.7. The van der Waals surface area contributed by atoms with Gasteiger partial charge < -0.3 is 25.6 Å². The molecule has 1 heterocycles. The van der Waals surface area contributed by atoms with E-state index in [1.54, 1.807) is 48.5 Å². The minimum Gasteiger partial charge on any atom is -0.508 e. The normalized spacial score (nSPS) is 16.3. The Morgan fingerprint density at radius 1 is 1.10 bits per heavy atom. The number of phenols is 1. The van der Waals surface area contributed by atoms with Crippen LogP contribution in [0.2, 0.25) is 0 Å². The zero-order valence-corrected chi connectivity index (χ0v) is 22.3. The predicted octanol–water partition coefficient (Wildman–Crippen LogP) is 3.33. The summed E-state index contributed by atoms with van der Waals surface area (Å²) >= 11 is 0. The lowest BCUT2D eigenvalue weighted by Crippen LogP contribution is -2.53. The number of ether oxygens (including phenoxy) is 2. The van der Waals surface area contributed by atoms with Gasteiger partial charge in [0, 0.05) is 18.7 Å². The first kappa shape index (κ1) is 27.8. The van der Waals surface area contributed by atoms with Gasteiger partial charge in [-0.25, -0.2) is 4.79 Å². The number of nitrogens with two attached hydrogens (primary N) is 1. The Kier molecular flexibility index (Phi) is 8.63. The van der Waals surface area contributed by atoms with Crippen molar-refractivity contribution in [3.05, 3.63) is 88.5 Å². The number of hydrogen-bond acceptors (Lipinski definition) is 7. The van der Waals surface area contributed by atoms with E-state index in [9.17, 15) is 19.5 Å². The van der Waals surface area contributed by atoms with Gasteiger partial charge in [0.15, 0.2) is 0 Å². The Balaban J connectivity index is 1.49. The SMILES string of the molecule is COC(=O)c1ccc([C@@H](C)NC(=O)[C@@H]2COCCN2Cc2cc(O)cc(-c3ccc(C(N)=O)cc3C)c2)cc1. The highest BCUT2D eigenvalue weighted by Gasteiger charge is 2.30. The molecule has 3 aromatic rings. The third-order valence-electron chi connectivity index (χ3n) is 6.92. The maximum atomic E-state index is 13.3. The van der Waals surface area contributed by atoms with Crippen molar-refractivity contribution in [2.24, 2.45) is 5.73 Å². The summed E-state index contributed by atoms with van der Waals surface area (Å²) in [5.74, 6) is -0.969. The van der Waals surface area contributed by atoms with Crippen LogP contribution in [0.25, 0.3) is 11.1 Å². The van der Waals surface area contributed by atoms with Gasteiger partial charge in [-0.3, -0.25) is 14.5 Å². The summed E-state index contributed by atoms with van der Waals surface area (Å²) in [4.78, 5) is 38.6. The number of aromatic hydroxyl groups is 1. The van der Waals surface area contributed by atoms with Crippen LogP contribution in [0, 0.1) is 6.92 Å². The molecule has 0 bridgehead atoms. The lowest BCUT2D eigenvalue weighted by molar-refractivity contribution is -0.133. The summed E-state index contributed by atoms with van der Waals surface area (Å²) in [5, 5.41) is 13.5. The number of phenolic OH excluding ortho intramolecular Hbond substituents is 1. The molecule has 204 valence electrons. The molecule has 2 atom stereocenters. The lowest BCUT2D eigenvalue weighted by atomic mass is 9.96. The molecule has 1 saturated heterocycles. The molecule has 9 nitrogen and oxygen atoms in total. The standard InChI is InChI=1S/C30H33N3O6/c1-18-12-23(28(31)35)8-9-26(18)24-13-20(14-25(34)15-24)16-33-10-11-39-17-27(33)29(36)32-19(2)21-4-6-22(7-5-21)30(37)38-3/h4-9,12-15,19,27,34H,10-11,16-17H2,1-3H3,(H2,31,35)(H,32,36)/t19-,27+/m1/s1. The molecule has 0 unspecified atom stereocenters. The van der Waals surface area contributed by atoms with Crippen molar-refractivity contribution < 1.29 is 29.0 Å². The average Bonchev–Trinajstić information content (AvgIpc) is 2.92. The Labute approximate surface area is 227 Å². The number of hydrogen-bond donors (Lipinski definition) is 3. The van der Waals surface area contributed by atoms with Crippen LogP contribution < -0.4 is 11.1 Å². The number of esters is 1. The molecule has 2 amide bonds. The zero-order valence-electron chi connectivity index (χ0n) is 22.3. The first-order valence-electron chi connectivity index (χ1n) is 12.7.